The molecular weight excluding hydrogens is 326 g/mol. The van der Waals surface area contributed by atoms with Crippen LogP contribution < -0.4 is 10.2 Å². The van der Waals surface area contributed by atoms with Gasteiger partial charge in [0, 0.05) is 24.2 Å². The van der Waals surface area contributed by atoms with Gasteiger partial charge in [-0.3, -0.25) is 0 Å². The van der Waals surface area contributed by atoms with E-state index in [1.54, 1.807) is 6.07 Å². The van der Waals surface area contributed by atoms with Gasteiger partial charge in [-0.1, -0.05) is 0 Å². The molecule has 1 N–H and O–H groups in total. The molecule has 2 heterocycles. The lowest BCUT2D eigenvalue weighted by atomic mass is 9.81. The van der Waals surface area contributed by atoms with Crippen molar-refractivity contribution in [2.45, 2.75) is 50.2 Å². The molecule has 0 aromatic heterocycles. The third kappa shape index (κ3) is 2.46. The molecule has 2 saturated heterocycles. The first-order valence-electron chi connectivity index (χ1n) is 7.20. The quantitative estimate of drug-likeness (QED) is 0.820. The third-order valence-corrected chi connectivity index (χ3v) is 5.26. The Morgan fingerprint density at radius 1 is 1.15 bits per heavy atom. The molecular formula is C15H19BrF2N2. The summed E-state index contributed by atoms with van der Waals surface area (Å²) in [6, 6.07) is 3.79. The van der Waals surface area contributed by atoms with E-state index in [9.17, 15) is 8.78 Å². The van der Waals surface area contributed by atoms with Gasteiger partial charge in [-0.2, -0.15) is 0 Å². The van der Waals surface area contributed by atoms with Crippen LogP contribution in [0.2, 0.25) is 0 Å². The number of hydrogen-bond acceptors (Lipinski definition) is 2. The molecule has 0 spiro atoms. The van der Waals surface area contributed by atoms with Crippen LogP contribution in [0.3, 0.4) is 0 Å². The summed E-state index contributed by atoms with van der Waals surface area (Å²) in [4.78, 5) is 2.19. The van der Waals surface area contributed by atoms with Crippen molar-refractivity contribution in [3.63, 3.8) is 0 Å². The average molecular weight is 345 g/mol. The van der Waals surface area contributed by atoms with Crippen LogP contribution in [0.25, 0.3) is 0 Å². The monoisotopic (exact) mass is 344 g/mol. The van der Waals surface area contributed by atoms with E-state index in [1.165, 1.54) is 6.42 Å². The summed E-state index contributed by atoms with van der Waals surface area (Å²) in [6.45, 7) is 0. The van der Waals surface area contributed by atoms with Gasteiger partial charge in [0.2, 0.25) is 0 Å². The van der Waals surface area contributed by atoms with Gasteiger partial charge in [-0.15, -0.1) is 0 Å². The number of nitrogens with zero attached hydrogens (tertiary/aromatic N) is 1. The molecule has 0 aliphatic carbocycles. The van der Waals surface area contributed by atoms with E-state index < -0.39 is 11.6 Å². The van der Waals surface area contributed by atoms with Crippen molar-refractivity contribution in [3.05, 3.63) is 28.2 Å². The predicted octanol–water partition coefficient (Wildman–Crippen LogP) is 3.84. The standard InChI is InChI=1S/C15H19BrF2N2/c1-19-9-5-10-3-2-4-11(6-9)20(10)15-7-12(16)13(17)8-14(15)18/h7-11,19H,2-6H2,1H3. The molecule has 3 rings (SSSR count). The molecule has 110 valence electrons. The lowest BCUT2D eigenvalue weighted by Gasteiger charge is -2.50. The van der Waals surface area contributed by atoms with Crippen molar-refractivity contribution in [2.24, 2.45) is 0 Å². The second kappa shape index (κ2) is 5.60. The highest BCUT2D eigenvalue weighted by atomic mass is 79.9. The molecule has 2 aliphatic heterocycles. The molecule has 2 aliphatic rings. The minimum Gasteiger partial charge on any atom is -0.363 e. The predicted molar refractivity (Wildman–Crippen MR) is 80.0 cm³/mol. The van der Waals surface area contributed by atoms with Gasteiger partial charge in [0.25, 0.3) is 0 Å². The summed E-state index contributed by atoms with van der Waals surface area (Å²) in [5, 5.41) is 3.35. The fourth-order valence-corrected chi connectivity index (χ4v) is 4.05. The van der Waals surface area contributed by atoms with Gasteiger partial charge in [0.1, 0.15) is 11.6 Å². The van der Waals surface area contributed by atoms with Gasteiger partial charge in [0.15, 0.2) is 0 Å². The van der Waals surface area contributed by atoms with Gasteiger partial charge in [-0.05, 0) is 61.1 Å². The Balaban J connectivity index is 1.95. The summed E-state index contributed by atoms with van der Waals surface area (Å²) in [6.07, 6.45) is 5.43. The van der Waals surface area contributed by atoms with Crippen LogP contribution in [0.1, 0.15) is 32.1 Å². The van der Waals surface area contributed by atoms with Gasteiger partial charge < -0.3 is 10.2 Å². The fraction of sp³-hybridized carbons (Fsp3) is 0.600. The average Bonchev–Trinajstić information content (AvgIpc) is 2.41. The lowest BCUT2D eigenvalue weighted by molar-refractivity contribution is 0.250. The summed E-state index contributed by atoms with van der Waals surface area (Å²) in [5.41, 5.74) is 0.544. The number of halogens is 3. The van der Waals surface area contributed by atoms with Crippen LogP contribution >= 0.6 is 15.9 Å². The third-order valence-electron chi connectivity index (χ3n) is 4.65. The Labute approximate surface area is 126 Å². The van der Waals surface area contributed by atoms with Gasteiger partial charge >= 0.3 is 0 Å². The van der Waals surface area contributed by atoms with E-state index in [0.717, 1.165) is 31.7 Å². The number of hydrogen-bond donors (Lipinski definition) is 1. The van der Waals surface area contributed by atoms with Crippen molar-refractivity contribution in [1.82, 2.24) is 5.32 Å². The molecule has 1 aromatic rings. The second-order valence-electron chi connectivity index (χ2n) is 5.82. The van der Waals surface area contributed by atoms with E-state index in [2.05, 4.69) is 26.1 Å². The first kappa shape index (κ1) is 14.3. The number of anilines is 1. The molecule has 2 nitrogen and oxygen atoms in total. The molecule has 2 atom stereocenters. The van der Waals surface area contributed by atoms with Crippen molar-refractivity contribution in [2.75, 3.05) is 11.9 Å². The second-order valence-corrected chi connectivity index (χ2v) is 6.67. The summed E-state index contributed by atoms with van der Waals surface area (Å²) in [7, 11) is 1.99. The molecule has 0 radical (unpaired) electrons. The maximum absolute atomic E-state index is 14.2. The Hall–Kier alpha value is -0.680. The molecule has 20 heavy (non-hydrogen) atoms. The van der Waals surface area contributed by atoms with E-state index in [-0.39, 0.29) is 0 Å². The van der Waals surface area contributed by atoms with Crippen molar-refractivity contribution < 1.29 is 8.78 Å². The van der Waals surface area contributed by atoms with Gasteiger partial charge in [-0.25, -0.2) is 8.78 Å². The van der Waals surface area contributed by atoms with Crippen LogP contribution in [0.5, 0.6) is 0 Å². The number of rotatable bonds is 2. The van der Waals surface area contributed by atoms with Crippen LogP contribution in [-0.2, 0) is 0 Å². The SMILES string of the molecule is CNC1CC2CCCC(C1)N2c1cc(Br)c(F)cc1F. The minimum absolute atomic E-state index is 0.336. The molecule has 0 saturated carbocycles. The Morgan fingerprint density at radius 2 is 1.80 bits per heavy atom. The molecule has 5 heteroatoms. The highest BCUT2D eigenvalue weighted by Crippen LogP contribution is 2.40. The Morgan fingerprint density at radius 3 is 2.40 bits per heavy atom. The first-order chi connectivity index (χ1) is 9.60. The fourth-order valence-electron chi connectivity index (χ4n) is 3.72. The smallest absolute Gasteiger partial charge is 0.149 e. The normalized spacial score (nSPS) is 29.6. The maximum atomic E-state index is 14.2. The Bertz CT molecular complexity index is 495. The largest absolute Gasteiger partial charge is 0.363 e. The van der Waals surface area contributed by atoms with E-state index in [0.29, 0.717) is 28.3 Å². The van der Waals surface area contributed by atoms with Crippen LogP contribution in [0.4, 0.5) is 14.5 Å². The van der Waals surface area contributed by atoms with E-state index >= 15 is 0 Å². The molecule has 2 unspecified atom stereocenters. The summed E-state index contributed by atoms with van der Waals surface area (Å²) < 4.78 is 27.9. The minimum atomic E-state index is -0.540. The van der Waals surface area contributed by atoms with Crippen LogP contribution in [0, 0.1) is 11.6 Å². The highest BCUT2D eigenvalue weighted by Gasteiger charge is 2.39. The van der Waals surface area contributed by atoms with Crippen molar-refractivity contribution in [1.29, 1.82) is 0 Å². The number of nitrogens with one attached hydrogen (secondary N) is 1. The molecule has 2 fully saturated rings. The summed E-state index contributed by atoms with van der Waals surface area (Å²) >= 11 is 3.17. The zero-order valence-electron chi connectivity index (χ0n) is 11.5. The zero-order chi connectivity index (χ0) is 14.3. The molecule has 0 amide bonds. The number of piperidine rings is 2. The molecule has 2 bridgehead atoms. The Kier molecular flexibility index (Phi) is 4.00. The lowest BCUT2D eigenvalue weighted by Crippen LogP contribution is -2.56. The summed E-state index contributed by atoms with van der Waals surface area (Å²) in [5.74, 6) is -0.993. The van der Waals surface area contributed by atoms with Crippen molar-refractivity contribution >= 4 is 21.6 Å². The van der Waals surface area contributed by atoms with E-state index in [1.807, 2.05) is 7.05 Å². The first-order valence-corrected chi connectivity index (χ1v) is 7.99. The van der Waals surface area contributed by atoms with Gasteiger partial charge in [0.05, 0.1) is 10.2 Å². The van der Waals surface area contributed by atoms with E-state index in [4.69, 9.17) is 0 Å². The van der Waals surface area contributed by atoms with Crippen molar-refractivity contribution in [3.8, 4) is 0 Å². The maximum Gasteiger partial charge on any atom is 0.149 e. The number of fused-ring (bicyclic) bond motifs is 2. The van der Waals surface area contributed by atoms with Crippen LogP contribution in [-0.4, -0.2) is 25.2 Å². The topological polar surface area (TPSA) is 15.3 Å². The highest BCUT2D eigenvalue weighted by molar-refractivity contribution is 9.10. The number of benzene rings is 1. The molecule has 1 aromatic carbocycles. The zero-order valence-corrected chi connectivity index (χ0v) is 13.1. The van der Waals surface area contributed by atoms with Crippen LogP contribution in [0.15, 0.2) is 16.6 Å².